The van der Waals surface area contributed by atoms with Crippen LogP contribution in [0.5, 0.6) is 0 Å². The summed E-state index contributed by atoms with van der Waals surface area (Å²) in [6, 6.07) is 16.9. The molecule has 0 spiro atoms. The molecule has 160 valence electrons. The number of benzene rings is 2. The third-order valence-electron chi connectivity index (χ3n) is 5.43. The minimum Gasteiger partial charge on any atom is -0.470 e. The fraction of sp³-hybridized carbons (Fsp3) is 0.292. The Kier molecular flexibility index (Phi) is 6.02. The molecule has 0 fully saturated rings. The summed E-state index contributed by atoms with van der Waals surface area (Å²) in [6.45, 7) is 1.24. The average Bonchev–Trinajstić information content (AvgIpc) is 3.14. The topological polar surface area (TPSA) is 93.7 Å². The molecule has 7 heteroatoms. The zero-order chi connectivity index (χ0) is 21.8. The monoisotopic (exact) mass is 420 g/mol. The zero-order valence-electron chi connectivity index (χ0n) is 17.2. The van der Waals surface area contributed by atoms with E-state index in [2.05, 4.69) is 16.7 Å². The van der Waals surface area contributed by atoms with Crippen LogP contribution in [0.3, 0.4) is 0 Å². The van der Waals surface area contributed by atoms with E-state index in [0.717, 1.165) is 24.8 Å². The van der Waals surface area contributed by atoms with Gasteiger partial charge in [0.2, 0.25) is 11.7 Å². The lowest BCUT2D eigenvalue weighted by molar-refractivity contribution is -0.152. The number of hydrogen-bond donors (Lipinski definition) is 2. The van der Waals surface area contributed by atoms with E-state index in [-0.39, 0.29) is 24.1 Å². The molecule has 1 aliphatic heterocycles. The molecule has 0 bridgehead atoms. The summed E-state index contributed by atoms with van der Waals surface area (Å²) >= 11 is 0. The number of carbonyl (C=O) groups excluding carboxylic acids is 3. The number of rotatable bonds is 6. The molecular formula is C24H24N2O5. The predicted molar refractivity (Wildman–Crippen MR) is 114 cm³/mol. The highest BCUT2D eigenvalue weighted by Gasteiger charge is 2.34. The number of aryl methyl sites for hydroxylation is 1. The van der Waals surface area contributed by atoms with Crippen molar-refractivity contribution in [3.8, 4) is 0 Å². The van der Waals surface area contributed by atoms with E-state index in [1.807, 2.05) is 36.4 Å². The maximum atomic E-state index is 12.7. The van der Waals surface area contributed by atoms with E-state index < -0.39 is 23.8 Å². The highest BCUT2D eigenvalue weighted by molar-refractivity contribution is 6.20. The summed E-state index contributed by atoms with van der Waals surface area (Å²) in [5, 5.41) is 5.89. The van der Waals surface area contributed by atoms with Gasteiger partial charge in [-0.2, -0.15) is 0 Å². The van der Waals surface area contributed by atoms with Gasteiger partial charge in [0.05, 0.1) is 6.04 Å². The Bertz CT molecular complexity index is 1030. The Hall–Kier alpha value is -3.61. The van der Waals surface area contributed by atoms with Gasteiger partial charge in [0.1, 0.15) is 0 Å². The van der Waals surface area contributed by atoms with Crippen LogP contribution in [0.2, 0.25) is 0 Å². The number of Topliss-reactive ketones (excluding diaryl/α,β-unsaturated/α-hetero) is 1. The van der Waals surface area contributed by atoms with E-state index >= 15 is 0 Å². The Morgan fingerprint density at radius 1 is 1.10 bits per heavy atom. The smallest absolute Gasteiger partial charge is 0.348 e. The lowest BCUT2D eigenvalue weighted by atomic mass is 9.87. The molecule has 0 saturated carbocycles. The number of esters is 1. The van der Waals surface area contributed by atoms with E-state index in [9.17, 15) is 14.4 Å². The third-order valence-corrected chi connectivity index (χ3v) is 5.43. The first kappa shape index (κ1) is 20.7. The van der Waals surface area contributed by atoms with Gasteiger partial charge >= 0.3 is 5.97 Å². The van der Waals surface area contributed by atoms with Gasteiger partial charge in [0.25, 0.3) is 5.91 Å². The summed E-state index contributed by atoms with van der Waals surface area (Å²) in [5.74, 6) is -1.74. The molecule has 2 aliphatic rings. The highest BCUT2D eigenvalue weighted by Crippen LogP contribution is 2.29. The maximum absolute atomic E-state index is 12.7. The van der Waals surface area contributed by atoms with Gasteiger partial charge in [0, 0.05) is 5.69 Å². The van der Waals surface area contributed by atoms with Crippen molar-refractivity contribution < 1.29 is 23.9 Å². The molecule has 1 heterocycles. The second kappa shape index (κ2) is 9.04. The minimum atomic E-state index is -1.06. The molecule has 1 aliphatic carbocycles. The van der Waals surface area contributed by atoms with Crippen LogP contribution >= 0.6 is 0 Å². The van der Waals surface area contributed by atoms with Crippen LogP contribution in [0.4, 0.5) is 5.69 Å². The Balaban J connectivity index is 1.42. The zero-order valence-corrected chi connectivity index (χ0v) is 17.2. The SMILES string of the molecule is C[C@@H](OC(=O)C1=C(Nc2ccccc2)OCC1=O)C(=O)N[C@H]1CCCc2ccccc21. The molecule has 0 unspecified atom stereocenters. The lowest BCUT2D eigenvalue weighted by Gasteiger charge is -2.27. The van der Waals surface area contributed by atoms with Gasteiger partial charge in [-0.15, -0.1) is 0 Å². The van der Waals surface area contributed by atoms with Crippen LogP contribution in [0.15, 0.2) is 66.1 Å². The normalized spacial score (nSPS) is 18.6. The molecule has 2 aromatic carbocycles. The lowest BCUT2D eigenvalue weighted by Crippen LogP contribution is -2.39. The van der Waals surface area contributed by atoms with Gasteiger partial charge in [-0.25, -0.2) is 4.79 Å². The Labute approximate surface area is 180 Å². The van der Waals surface area contributed by atoms with Crippen molar-refractivity contribution in [3.05, 3.63) is 77.2 Å². The number of para-hydroxylation sites is 1. The quantitative estimate of drug-likeness (QED) is 0.551. The van der Waals surface area contributed by atoms with Crippen molar-refractivity contribution in [2.75, 3.05) is 11.9 Å². The minimum absolute atomic E-state index is 0.0371. The fourth-order valence-corrected chi connectivity index (χ4v) is 3.83. The summed E-state index contributed by atoms with van der Waals surface area (Å²) in [5.41, 5.74) is 2.77. The first-order chi connectivity index (χ1) is 15.0. The largest absolute Gasteiger partial charge is 0.470 e. The summed E-state index contributed by atoms with van der Waals surface area (Å²) in [4.78, 5) is 37.5. The van der Waals surface area contributed by atoms with Crippen molar-refractivity contribution in [1.82, 2.24) is 5.32 Å². The molecule has 0 radical (unpaired) electrons. The Morgan fingerprint density at radius 2 is 1.84 bits per heavy atom. The van der Waals surface area contributed by atoms with Gasteiger partial charge in [-0.1, -0.05) is 42.5 Å². The molecule has 1 amide bonds. The summed E-state index contributed by atoms with van der Waals surface area (Å²) in [7, 11) is 0. The number of ketones is 1. The standard InChI is InChI=1S/C24H24N2O5/c1-15(22(28)26-19-13-7-9-16-8-5-6-12-18(16)19)31-24(29)21-20(27)14-30-23(21)25-17-10-3-2-4-11-17/h2-6,8,10-12,15,19,25H,7,9,13-14H2,1H3,(H,26,28)/t15-,19+/m1/s1. The summed E-state index contributed by atoms with van der Waals surface area (Å²) < 4.78 is 10.6. The van der Waals surface area contributed by atoms with Gasteiger partial charge in [-0.3, -0.25) is 9.59 Å². The van der Waals surface area contributed by atoms with Crippen molar-refractivity contribution in [3.63, 3.8) is 0 Å². The molecule has 7 nitrogen and oxygen atoms in total. The number of nitrogens with one attached hydrogen (secondary N) is 2. The molecule has 31 heavy (non-hydrogen) atoms. The third kappa shape index (κ3) is 4.60. The maximum Gasteiger partial charge on any atom is 0.348 e. The van der Waals surface area contributed by atoms with Crippen LogP contribution in [0, 0.1) is 0 Å². The average molecular weight is 420 g/mol. The van der Waals surface area contributed by atoms with Gasteiger partial charge in [0.15, 0.2) is 18.3 Å². The summed E-state index contributed by atoms with van der Waals surface area (Å²) in [6.07, 6.45) is 1.73. The van der Waals surface area contributed by atoms with E-state index in [0.29, 0.717) is 5.69 Å². The van der Waals surface area contributed by atoms with E-state index in [1.165, 1.54) is 12.5 Å². The highest BCUT2D eigenvalue weighted by atomic mass is 16.6. The van der Waals surface area contributed by atoms with Crippen molar-refractivity contribution in [2.24, 2.45) is 0 Å². The van der Waals surface area contributed by atoms with Crippen LogP contribution in [-0.2, 0) is 30.3 Å². The van der Waals surface area contributed by atoms with E-state index in [1.54, 1.807) is 12.1 Å². The fourth-order valence-electron chi connectivity index (χ4n) is 3.83. The predicted octanol–water partition coefficient (Wildman–Crippen LogP) is 3.03. The first-order valence-corrected chi connectivity index (χ1v) is 10.3. The molecule has 2 aromatic rings. The molecule has 4 rings (SSSR count). The number of hydrogen-bond acceptors (Lipinski definition) is 6. The molecule has 0 saturated heterocycles. The van der Waals surface area contributed by atoms with Crippen LogP contribution in [-0.4, -0.2) is 30.4 Å². The van der Waals surface area contributed by atoms with Crippen LogP contribution in [0.25, 0.3) is 0 Å². The second-order valence-electron chi connectivity index (χ2n) is 7.61. The van der Waals surface area contributed by atoms with Crippen molar-refractivity contribution in [1.29, 1.82) is 0 Å². The second-order valence-corrected chi connectivity index (χ2v) is 7.61. The first-order valence-electron chi connectivity index (χ1n) is 10.3. The number of amides is 1. The van der Waals surface area contributed by atoms with Crippen molar-refractivity contribution >= 4 is 23.3 Å². The van der Waals surface area contributed by atoms with E-state index in [4.69, 9.17) is 9.47 Å². The van der Waals surface area contributed by atoms with Crippen LogP contribution < -0.4 is 10.6 Å². The number of carbonyl (C=O) groups is 3. The van der Waals surface area contributed by atoms with Crippen molar-refractivity contribution in [2.45, 2.75) is 38.3 Å². The van der Waals surface area contributed by atoms with Gasteiger partial charge in [-0.05, 0) is 49.4 Å². The molecular weight excluding hydrogens is 396 g/mol. The van der Waals surface area contributed by atoms with Gasteiger partial charge < -0.3 is 20.1 Å². The van der Waals surface area contributed by atoms with Crippen LogP contribution in [0.1, 0.15) is 36.9 Å². The molecule has 2 atom stereocenters. The number of anilines is 1. The number of ether oxygens (including phenoxy) is 2. The number of fused-ring (bicyclic) bond motifs is 1. The Morgan fingerprint density at radius 3 is 2.65 bits per heavy atom. The molecule has 2 N–H and O–H groups in total. The molecule has 0 aromatic heterocycles.